The van der Waals surface area contributed by atoms with Gasteiger partial charge in [-0.2, -0.15) is 0 Å². The summed E-state index contributed by atoms with van der Waals surface area (Å²) >= 11 is 0. The third-order valence-corrected chi connectivity index (χ3v) is 3.38. The molecular weight excluding hydrogens is 256 g/mol. The van der Waals surface area contributed by atoms with E-state index in [4.69, 9.17) is 9.47 Å². The van der Waals surface area contributed by atoms with Gasteiger partial charge in [-0.05, 0) is 12.1 Å². The van der Waals surface area contributed by atoms with E-state index in [1.54, 1.807) is 42.5 Å². The molecule has 0 saturated carbocycles. The van der Waals surface area contributed by atoms with Crippen LogP contribution in [0.5, 0.6) is 5.75 Å². The molecule has 4 nitrogen and oxygen atoms in total. The number of benzene rings is 2. The summed E-state index contributed by atoms with van der Waals surface area (Å²) in [7, 11) is 0. The van der Waals surface area contributed by atoms with Crippen LogP contribution in [-0.4, -0.2) is 11.9 Å². The van der Waals surface area contributed by atoms with Gasteiger partial charge in [0.05, 0.1) is 5.56 Å². The molecule has 0 amide bonds. The molecule has 2 aliphatic rings. The lowest BCUT2D eigenvalue weighted by Crippen LogP contribution is -2.03. The first kappa shape index (κ1) is 11.0. The van der Waals surface area contributed by atoms with Gasteiger partial charge in [0.15, 0.2) is 5.76 Å². The molecule has 0 fully saturated rings. The molecule has 0 aliphatic carbocycles. The lowest BCUT2D eigenvalue weighted by molar-refractivity contribution is -0.126. The van der Waals surface area contributed by atoms with E-state index in [-0.39, 0.29) is 5.76 Å². The van der Waals surface area contributed by atoms with Crippen molar-refractivity contribution in [3.05, 3.63) is 65.2 Å². The summed E-state index contributed by atoms with van der Waals surface area (Å²) in [4.78, 5) is 23.9. The topological polar surface area (TPSA) is 52.6 Å². The van der Waals surface area contributed by atoms with E-state index >= 15 is 0 Å². The quantitative estimate of drug-likeness (QED) is 0.417. The van der Waals surface area contributed by atoms with Gasteiger partial charge in [-0.1, -0.05) is 36.4 Å². The number of carbonyl (C=O) groups is 2. The fourth-order valence-electron chi connectivity index (χ4n) is 2.49. The van der Waals surface area contributed by atoms with Gasteiger partial charge in [0.25, 0.3) is 0 Å². The lowest BCUT2D eigenvalue weighted by Gasteiger charge is -2.01. The van der Waals surface area contributed by atoms with Crippen molar-refractivity contribution in [1.82, 2.24) is 0 Å². The van der Waals surface area contributed by atoms with E-state index in [9.17, 15) is 9.59 Å². The van der Waals surface area contributed by atoms with Gasteiger partial charge in [-0.15, -0.1) is 0 Å². The molecule has 0 bridgehead atoms. The molecule has 0 atom stereocenters. The maximum Gasteiger partial charge on any atom is 0.348 e. The second-order valence-corrected chi connectivity index (χ2v) is 4.52. The summed E-state index contributed by atoms with van der Waals surface area (Å²) in [5, 5.41) is 0. The number of ether oxygens (including phenoxy) is 2. The molecule has 20 heavy (non-hydrogen) atoms. The zero-order valence-electron chi connectivity index (χ0n) is 10.3. The Morgan fingerprint density at radius 3 is 2.10 bits per heavy atom. The van der Waals surface area contributed by atoms with Crippen LogP contribution >= 0.6 is 0 Å². The van der Waals surface area contributed by atoms with Crippen LogP contribution in [0, 0.1) is 0 Å². The Labute approximate surface area is 114 Å². The molecule has 2 aliphatic heterocycles. The van der Waals surface area contributed by atoms with Crippen molar-refractivity contribution in [2.45, 2.75) is 0 Å². The fourth-order valence-corrected chi connectivity index (χ4v) is 2.49. The minimum atomic E-state index is -0.495. The van der Waals surface area contributed by atoms with Crippen LogP contribution in [0.15, 0.2) is 48.5 Å². The van der Waals surface area contributed by atoms with E-state index in [2.05, 4.69) is 0 Å². The average molecular weight is 264 g/mol. The lowest BCUT2D eigenvalue weighted by atomic mass is 10.0. The van der Waals surface area contributed by atoms with Crippen molar-refractivity contribution in [3.63, 3.8) is 0 Å². The van der Waals surface area contributed by atoms with Gasteiger partial charge < -0.3 is 9.47 Å². The van der Waals surface area contributed by atoms with Crippen molar-refractivity contribution >= 4 is 23.3 Å². The molecule has 0 spiro atoms. The number of hydrogen-bond acceptors (Lipinski definition) is 4. The van der Waals surface area contributed by atoms with Crippen molar-refractivity contribution in [2.75, 3.05) is 0 Å². The smallest absolute Gasteiger partial charge is 0.348 e. The number of cyclic esters (lactones) is 1. The number of esters is 2. The predicted octanol–water partition coefficient (Wildman–Crippen LogP) is 2.64. The molecule has 0 aromatic heterocycles. The molecule has 0 N–H and O–H groups in total. The van der Waals surface area contributed by atoms with Gasteiger partial charge in [-0.3, -0.25) is 0 Å². The van der Waals surface area contributed by atoms with E-state index in [1.165, 1.54) is 0 Å². The van der Waals surface area contributed by atoms with Crippen LogP contribution in [-0.2, 0) is 9.53 Å². The minimum Gasteiger partial charge on any atom is -0.422 e. The molecule has 0 saturated heterocycles. The van der Waals surface area contributed by atoms with E-state index < -0.39 is 11.9 Å². The third kappa shape index (κ3) is 1.36. The highest BCUT2D eigenvalue weighted by molar-refractivity contribution is 6.30. The van der Waals surface area contributed by atoms with Gasteiger partial charge >= 0.3 is 11.9 Å². The van der Waals surface area contributed by atoms with Gasteiger partial charge in [0.2, 0.25) is 0 Å². The first-order chi connectivity index (χ1) is 9.75. The van der Waals surface area contributed by atoms with Crippen molar-refractivity contribution in [2.24, 2.45) is 0 Å². The molecule has 2 heterocycles. The fraction of sp³-hybridized carbons (Fsp3) is 0. The number of para-hydroxylation sites is 1. The summed E-state index contributed by atoms with van der Waals surface area (Å²) < 4.78 is 10.5. The maximum absolute atomic E-state index is 12.1. The summed E-state index contributed by atoms with van der Waals surface area (Å²) in [6, 6.07) is 14.1. The van der Waals surface area contributed by atoms with Gasteiger partial charge in [0, 0.05) is 11.1 Å². The Balaban J connectivity index is 2.02. The summed E-state index contributed by atoms with van der Waals surface area (Å²) in [5.74, 6) is -0.174. The normalized spacial score (nSPS) is 19.4. The van der Waals surface area contributed by atoms with Crippen LogP contribution in [0.4, 0.5) is 0 Å². The average Bonchev–Trinajstić information content (AvgIpc) is 2.96. The van der Waals surface area contributed by atoms with E-state index in [0.29, 0.717) is 28.0 Å². The summed E-state index contributed by atoms with van der Waals surface area (Å²) in [5.41, 5.74) is 2.05. The maximum atomic E-state index is 12.1. The standard InChI is InChI=1S/C16H8O4/c17-15-10-6-2-1-5-9(10)14(20-15)13-11-7-3-4-8-12(11)19-16(13)18/h1-8H/b14-13+. The second kappa shape index (κ2) is 3.81. The van der Waals surface area contributed by atoms with E-state index in [1.807, 2.05) is 6.07 Å². The van der Waals surface area contributed by atoms with Crippen LogP contribution in [0.3, 0.4) is 0 Å². The van der Waals surface area contributed by atoms with Crippen LogP contribution in [0.2, 0.25) is 0 Å². The summed E-state index contributed by atoms with van der Waals surface area (Å²) in [6.45, 7) is 0. The second-order valence-electron chi connectivity index (χ2n) is 4.52. The molecule has 0 radical (unpaired) electrons. The van der Waals surface area contributed by atoms with E-state index in [0.717, 1.165) is 0 Å². The highest BCUT2D eigenvalue weighted by Crippen LogP contribution is 2.42. The predicted molar refractivity (Wildman–Crippen MR) is 70.7 cm³/mol. The molecular formula is C16H8O4. The van der Waals surface area contributed by atoms with Crippen molar-refractivity contribution < 1.29 is 19.1 Å². The SMILES string of the molecule is O=C1Oc2ccccc2/C1=C1\OC(=O)c2ccccc21. The van der Waals surface area contributed by atoms with Crippen LogP contribution < -0.4 is 4.74 Å². The molecule has 4 heteroatoms. The van der Waals surface area contributed by atoms with Gasteiger partial charge in [-0.25, -0.2) is 9.59 Å². The largest absolute Gasteiger partial charge is 0.422 e. The highest BCUT2D eigenvalue weighted by atomic mass is 16.6. The Morgan fingerprint density at radius 2 is 1.30 bits per heavy atom. The number of hydrogen-bond donors (Lipinski definition) is 0. The third-order valence-electron chi connectivity index (χ3n) is 3.38. The molecule has 4 rings (SSSR count). The Hall–Kier alpha value is -2.88. The Bertz CT molecular complexity index is 802. The Morgan fingerprint density at radius 1 is 0.650 bits per heavy atom. The molecule has 96 valence electrons. The minimum absolute atomic E-state index is 0.278. The van der Waals surface area contributed by atoms with Crippen LogP contribution in [0.25, 0.3) is 11.3 Å². The monoisotopic (exact) mass is 264 g/mol. The molecule has 2 aromatic carbocycles. The number of fused-ring (bicyclic) bond motifs is 2. The van der Waals surface area contributed by atoms with Crippen LogP contribution in [0.1, 0.15) is 21.5 Å². The zero-order chi connectivity index (χ0) is 13.7. The zero-order valence-corrected chi connectivity index (χ0v) is 10.3. The molecule has 2 aromatic rings. The first-order valence-corrected chi connectivity index (χ1v) is 6.13. The first-order valence-electron chi connectivity index (χ1n) is 6.13. The summed E-state index contributed by atoms with van der Waals surface area (Å²) in [6.07, 6.45) is 0. The number of carbonyl (C=O) groups excluding carboxylic acids is 2. The molecule has 0 unspecified atom stereocenters. The van der Waals surface area contributed by atoms with Crippen molar-refractivity contribution in [3.8, 4) is 5.75 Å². The Kier molecular flexibility index (Phi) is 2.09. The highest BCUT2D eigenvalue weighted by Gasteiger charge is 2.36. The van der Waals surface area contributed by atoms with Crippen molar-refractivity contribution in [1.29, 1.82) is 0 Å². The number of rotatable bonds is 0. The van der Waals surface area contributed by atoms with Gasteiger partial charge in [0.1, 0.15) is 11.3 Å².